The lowest BCUT2D eigenvalue weighted by atomic mass is 10.1. The molecule has 2 aromatic heterocycles. The van der Waals surface area contributed by atoms with Gasteiger partial charge in [0.25, 0.3) is 0 Å². The zero-order valence-corrected chi connectivity index (χ0v) is 19.6. The molecule has 0 spiro atoms. The number of nitrogens with zero attached hydrogens (tertiary/aromatic N) is 4. The molecule has 0 aliphatic carbocycles. The first-order valence-corrected chi connectivity index (χ1v) is 12.3. The molecule has 0 amide bonds. The maximum absolute atomic E-state index is 13.0. The van der Waals surface area contributed by atoms with Gasteiger partial charge in [0.1, 0.15) is 48.3 Å². The summed E-state index contributed by atoms with van der Waals surface area (Å²) in [6, 6.07) is 2.42. The van der Waals surface area contributed by atoms with Crippen molar-refractivity contribution in [2.75, 3.05) is 18.1 Å². The van der Waals surface area contributed by atoms with Crippen LogP contribution in [0.15, 0.2) is 34.1 Å². The molecular weight excluding hydrogens is 523 g/mol. The van der Waals surface area contributed by atoms with E-state index in [1.165, 1.54) is 12.1 Å². The Morgan fingerprint density at radius 2 is 1.49 bits per heavy atom. The summed E-state index contributed by atoms with van der Waals surface area (Å²) >= 11 is 0. The molecule has 37 heavy (non-hydrogen) atoms. The first-order chi connectivity index (χ1) is 17.4. The van der Waals surface area contributed by atoms with E-state index in [0.29, 0.717) is 0 Å². The molecule has 0 aromatic carbocycles. The van der Waals surface area contributed by atoms with Gasteiger partial charge in [-0.25, -0.2) is 9.59 Å². The summed E-state index contributed by atoms with van der Waals surface area (Å²) in [4.78, 5) is 41.7. The van der Waals surface area contributed by atoms with Gasteiger partial charge in [0.05, 0.1) is 6.61 Å². The van der Waals surface area contributed by atoms with Crippen molar-refractivity contribution in [1.29, 1.82) is 0 Å². The van der Waals surface area contributed by atoms with E-state index in [-0.39, 0.29) is 11.6 Å². The van der Waals surface area contributed by atoms with Crippen molar-refractivity contribution in [3.05, 3.63) is 45.5 Å². The predicted molar refractivity (Wildman–Crippen MR) is 119 cm³/mol. The van der Waals surface area contributed by atoms with Gasteiger partial charge in [0, 0.05) is 12.4 Å². The number of nitrogen functional groups attached to an aromatic ring is 2. The Bertz CT molecular complexity index is 1310. The Hall–Kier alpha value is -2.77. The van der Waals surface area contributed by atoms with Crippen LogP contribution in [0.2, 0.25) is 0 Å². The molecule has 2 aliphatic heterocycles. The molecule has 0 saturated carbocycles. The number of aromatic nitrogens is 4. The van der Waals surface area contributed by atoms with Crippen molar-refractivity contribution in [3.8, 4) is 0 Å². The highest BCUT2D eigenvalue weighted by atomic mass is 31.2. The number of anilines is 2. The van der Waals surface area contributed by atoms with E-state index in [4.69, 9.17) is 25.5 Å². The topological polar surface area (TPSA) is 288 Å². The molecule has 2 unspecified atom stereocenters. The van der Waals surface area contributed by atoms with Crippen molar-refractivity contribution in [1.82, 2.24) is 19.1 Å². The predicted octanol–water partition coefficient (Wildman–Crippen LogP) is -4.58. The highest BCUT2D eigenvalue weighted by Crippen LogP contribution is 2.54. The smallest absolute Gasteiger partial charge is 0.359 e. The second-order valence-electron chi connectivity index (χ2n) is 8.34. The average molecular weight is 548 g/mol. The summed E-state index contributed by atoms with van der Waals surface area (Å²) in [7, 11) is -5.25. The second-order valence-corrected chi connectivity index (χ2v) is 10.2. The highest BCUT2D eigenvalue weighted by Gasteiger charge is 2.55. The number of hydrogen-bond acceptors (Lipinski definition) is 15. The van der Waals surface area contributed by atoms with Crippen LogP contribution in [0.5, 0.6) is 0 Å². The number of ether oxygens (including phenoxy) is 2. The Balaban J connectivity index is 1.54. The highest BCUT2D eigenvalue weighted by molar-refractivity contribution is 7.53. The Morgan fingerprint density at radius 1 is 0.973 bits per heavy atom. The number of rotatable bonds is 7. The van der Waals surface area contributed by atoms with Gasteiger partial charge >= 0.3 is 19.0 Å². The zero-order valence-electron chi connectivity index (χ0n) is 18.7. The van der Waals surface area contributed by atoms with Crippen molar-refractivity contribution < 1.29 is 49.0 Å². The number of hydrogen-bond donors (Lipinski definition) is 8. The molecule has 10 N–H and O–H groups in total. The van der Waals surface area contributed by atoms with Crippen LogP contribution in [0.3, 0.4) is 0 Å². The maximum atomic E-state index is 13.0. The minimum atomic E-state index is -5.25. The van der Waals surface area contributed by atoms with Crippen LogP contribution in [0, 0.1) is 0 Å². The minimum absolute atomic E-state index is 0.115. The average Bonchev–Trinajstić information content (AvgIpc) is 3.29. The van der Waals surface area contributed by atoms with Crippen molar-refractivity contribution >= 4 is 19.2 Å². The summed E-state index contributed by atoms with van der Waals surface area (Å²) in [6.07, 6.45) is -11.7. The van der Waals surface area contributed by atoms with E-state index in [1.807, 2.05) is 0 Å². The lowest BCUT2D eigenvalue weighted by molar-refractivity contribution is -0.0747. The van der Waals surface area contributed by atoms with E-state index in [1.54, 1.807) is 0 Å². The van der Waals surface area contributed by atoms with Gasteiger partial charge < -0.3 is 51.4 Å². The van der Waals surface area contributed by atoms with Gasteiger partial charge in [-0.2, -0.15) is 9.97 Å². The van der Waals surface area contributed by atoms with Crippen LogP contribution < -0.4 is 22.8 Å². The first kappa shape index (κ1) is 27.3. The number of aliphatic hydroxyl groups is 5. The van der Waals surface area contributed by atoms with E-state index in [2.05, 4.69) is 9.97 Å². The lowest BCUT2D eigenvalue weighted by Crippen LogP contribution is -2.42. The minimum Gasteiger partial charge on any atom is -0.394 e. The summed E-state index contributed by atoms with van der Waals surface area (Å²) in [5.74, 6) is -2.76. The van der Waals surface area contributed by atoms with E-state index in [9.17, 15) is 44.6 Å². The van der Waals surface area contributed by atoms with Crippen molar-refractivity contribution in [3.63, 3.8) is 0 Å². The van der Waals surface area contributed by atoms with Gasteiger partial charge in [-0.05, 0) is 12.1 Å². The first-order valence-electron chi connectivity index (χ1n) is 10.7. The van der Waals surface area contributed by atoms with E-state index >= 15 is 0 Å². The largest absolute Gasteiger partial charge is 0.394 e. The van der Waals surface area contributed by atoms with Crippen molar-refractivity contribution in [2.45, 2.75) is 54.9 Å². The van der Waals surface area contributed by atoms with Gasteiger partial charge in [0.2, 0.25) is 0 Å². The molecule has 0 radical (unpaired) electrons. The molecule has 4 heterocycles. The van der Waals surface area contributed by atoms with Gasteiger partial charge in [-0.1, -0.05) is 0 Å². The van der Waals surface area contributed by atoms with Crippen molar-refractivity contribution in [2.24, 2.45) is 0 Å². The molecule has 2 fully saturated rings. The van der Waals surface area contributed by atoms with E-state index in [0.717, 1.165) is 21.5 Å². The summed E-state index contributed by atoms with van der Waals surface area (Å²) in [5, 5.41) is 51.6. The van der Waals surface area contributed by atoms with Crippen LogP contribution >= 0.6 is 7.60 Å². The normalized spacial score (nSPS) is 34.3. The molecule has 19 heteroatoms. The summed E-state index contributed by atoms with van der Waals surface area (Å²) in [5.41, 5.74) is 8.95. The molecule has 10 atom stereocenters. The molecule has 204 valence electrons. The number of nitrogens with two attached hydrogens (primary N) is 2. The zero-order chi connectivity index (χ0) is 27.2. The molecule has 18 nitrogen and oxygen atoms in total. The Kier molecular flexibility index (Phi) is 7.50. The second kappa shape index (κ2) is 10.2. The molecule has 4 rings (SSSR count). The van der Waals surface area contributed by atoms with Crippen LogP contribution in [-0.4, -0.2) is 98.6 Å². The number of aliphatic hydroxyl groups excluding tert-OH is 5. The SMILES string of the molecule is Nc1ccn([C@@H]2O[C@H](C(O)P(=O)(O)O[C@H]3[C@@H](O)[C@H](n4ccc(N)nc4=O)O[C@@H]3CO)[C@@H](O)[C@H]2O)c(=O)n1. The van der Waals surface area contributed by atoms with E-state index < -0.39 is 80.5 Å². The lowest BCUT2D eigenvalue weighted by Gasteiger charge is -2.28. The fourth-order valence-corrected chi connectivity index (χ4v) is 5.40. The third-order valence-corrected chi connectivity index (χ3v) is 7.42. The van der Waals surface area contributed by atoms with Crippen LogP contribution in [0.1, 0.15) is 12.5 Å². The third-order valence-electron chi connectivity index (χ3n) is 5.92. The standard InChI is InChI=1S/C18H25N6O12P/c19-7-1-3-23(17(30)21-7)14-10(27)9(26)13(35-14)16(29)37(32,33)36-12-6(5-25)34-15(11(12)28)24-4-2-8(20)22-18(24)31/h1-4,6,9-16,25-29H,5H2,(H,32,33)(H2,19,21,30)(H2,20,22,31)/t6-,9+,10-,11-,12-,13+,14-,15-,16?/m1/s1. The third kappa shape index (κ3) is 5.04. The fourth-order valence-electron chi connectivity index (χ4n) is 4.05. The quantitative estimate of drug-likeness (QED) is 0.151. The molecular formula is C18H25N6O12P. The Labute approximate surface area is 206 Å². The monoisotopic (exact) mass is 548 g/mol. The van der Waals surface area contributed by atoms with Crippen LogP contribution in [0.4, 0.5) is 11.6 Å². The molecule has 0 bridgehead atoms. The summed E-state index contributed by atoms with van der Waals surface area (Å²) < 4.78 is 30.3. The Morgan fingerprint density at radius 3 is 1.97 bits per heavy atom. The maximum Gasteiger partial charge on any atom is 0.359 e. The van der Waals surface area contributed by atoms with Crippen LogP contribution in [0.25, 0.3) is 0 Å². The van der Waals surface area contributed by atoms with Crippen LogP contribution in [-0.2, 0) is 18.6 Å². The summed E-state index contributed by atoms with van der Waals surface area (Å²) in [6.45, 7) is -0.831. The fraction of sp³-hybridized carbons (Fsp3) is 0.556. The van der Waals surface area contributed by atoms with Gasteiger partial charge in [-0.3, -0.25) is 18.2 Å². The van der Waals surface area contributed by atoms with Gasteiger partial charge in [0.15, 0.2) is 18.3 Å². The molecule has 2 aromatic rings. The molecule has 2 aliphatic rings. The van der Waals surface area contributed by atoms with Gasteiger partial charge in [-0.15, -0.1) is 0 Å². The molecule has 2 saturated heterocycles.